The Hall–Kier alpha value is -2.53. The van der Waals surface area contributed by atoms with Crippen LogP contribution in [0.2, 0.25) is 5.02 Å². The summed E-state index contributed by atoms with van der Waals surface area (Å²) in [7, 11) is -2.72. The summed E-state index contributed by atoms with van der Waals surface area (Å²) in [4.78, 5) is 18.4. The summed E-state index contributed by atoms with van der Waals surface area (Å²) in [6.45, 7) is 1.17. The number of likely N-dealkylation sites (tertiary alicyclic amines) is 1. The van der Waals surface area contributed by atoms with Gasteiger partial charge in [-0.15, -0.1) is 0 Å². The van der Waals surface area contributed by atoms with Gasteiger partial charge in [0.15, 0.2) is 21.7 Å². The predicted molar refractivity (Wildman–Crippen MR) is 110 cm³/mol. The lowest BCUT2D eigenvalue weighted by atomic mass is 9.94. The van der Waals surface area contributed by atoms with Crippen molar-refractivity contribution in [3.05, 3.63) is 46.7 Å². The first kappa shape index (κ1) is 24.1. The van der Waals surface area contributed by atoms with E-state index in [2.05, 4.69) is 4.98 Å². The molecule has 12 heteroatoms. The third kappa shape index (κ3) is 4.78. The number of carbonyl (C=O) groups is 1. The van der Waals surface area contributed by atoms with Gasteiger partial charge in [0.1, 0.15) is 16.2 Å². The number of sulfone groups is 1. The fraction of sp³-hybridized carbons (Fsp3) is 0.400. The van der Waals surface area contributed by atoms with Crippen molar-refractivity contribution < 1.29 is 35.9 Å². The van der Waals surface area contributed by atoms with Crippen LogP contribution in [0.25, 0.3) is 0 Å². The van der Waals surface area contributed by atoms with Crippen LogP contribution in [0.3, 0.4) is 0 Å². The normalized spacial score (nSPS) is 15.8. The van der Waals surface area contributed by atoms with Crippen LogP contribution in [0.5, 0.6) is 11.5 Å². The largest absolute Gasteiger partial charge is 0.494 e. The van der Waals surface area contributed by atoms with E-state index in [-0.39, 0.29) is 29.7 Å². The van der Waals surface area contributed by atoms with Crippen molar-refractivity contribution in [3.8, 4) is 11.5 Å². The first-order chi connectivity index (χ1) is 14.8. The Bertz CT molecular complexity index is 1130. The number of amides is 1. The van der Waals surface area contributed by atoms with Gasteiger partial charge in [-0.3, -0.25) is 9.78 Å². The first-order valence-electron chi connectivity index (χ1n) is 9.38. The number of benzene rings is 1. The Morgan fingerprint density at radius 2 is 1.94 bits per heavy atom. The van der Waals surface area contributed by atoms with Crippen LogP contribution in [-0.2, 0) is 9.84 Å². The van der Waals surface area contributed by atoms with Gasteiger partial charge < -0.3 is 14.4 Å². The van der Waals surface area contributed by atoms with Crippen molar-refractivity contribution in [2.75, 3.05) is 26.5 Å². The Labute approximate surface area is 188 Å². The van der Waals surface area contributed by atoms with E-state index in [1.807, 2.05) is 0 Å². The highest BCUT2D eigenvalue weighted by atomic mass is 35.5. The van der Waals surface area contributed by atoms with E-state index in [9.17, 15) is 26.4 Å². The number of nitrogens with zero attached hydrogens (tertiary/aromatic N) is 2. The van der Waals surface area contributed by atoms with E-state index in [0.29, 0.717) is 10.7 Å². The second-order valence-corrected chi connectivity index (χ2v) is 9.71. The van der Waals surface area contributed by atoms with E-state index in [0.717, 1.165) is 32.4 Å². The van der Waals surface area contributed by atoms with E-state index >= 15 is 0 Å². The van der Waals surface area contributed by atoms with E-state index in [1.54, 1.807) is 18.3 Å². The van der Waals surface area contributed by atoms with Gasteiger partial charge in [0.2, 0.25) is 0 Å². The van der Waals surface area contributed by atoms with Crippen LogP contribution in [0.4, 0.5) is 13.2 Å². The average Bonchev–Trinajstić information content (AvgIpc) is 2.66. The van der Waals surface area contributed by atoms with Gasteiger partial charge >= 0.3 is 6.18 Å². The summed E-state index contributed by atoms with van der Waals surface area (Å²) in [5, 5.41) is 0.435. The van der Waals surface area contributed by atoms with Crippen LogP contribution in [0.1, 0.15) is 28.9 Å². The molecule has 0 bridgehead atoms. The van der Waals surface area contributed by atoms with Crippen molar-refractivity contribution in [3.63, 3.8) is 0 Å². The quantitative estimate of drug-likeness (QED) is 0.611. The summed E-state index contributed by atoms with van der Waals surface area (Å²) in [5.74, 6) is -1.69. The maximum atomic E-state index is 13.2. The van der Waals surface area contributed by atoms with Gasteiger partial charge in [-0.1, -0.05) is 11.6 Å². The Kier molecular flexibility index (Phi) is 6.62. The highest BCUT2D eigenvalue weighted by molar-refractivity contribution is 7.90. The molecule has 32 heavy (non-hydrogen) atoms. The molecule has 1 saturated heterocycles. The van der Waals surface area contributed by atoms with Crippen molar-refractivity contribution in [1.29, 1.82) is 0 Å². The smallest absolute Gasteiger partial charge is 0.425 e. The highest BCUT2D eigenvalue weighted by Crippen LogP contribution is 2.40. The maximum absolute atomic E-state index is 13.2. The zero-order chi connectivity index (χ0) is 23.8. The van der Waals surface area contributed by atoms with Gasteiger partial charge in [0, 0.05) is 31.5 Å². The van der Waals surface area contributed by atoms with E-state index in [1.165, 1.54) is 4.90 Å². The second kappa shape index (κ2) is 8.78. The zero-order valence-electron chi connectivity index (χ0n) is 17.3. The minimum atomic E-state index is -4.69. The lowest BCUT2D eigenvalue weighted by Gasteiger charge is -2.39. The predicted octanol–water partition coefficient (Wildman–Crippen LogP) is 3.72. The summed E-state index contributed by atoms with van der Waals surface area (Å²) in [5.41, 5.74) is 0.203. The monoisotopic (exact) mass is 492 g/mol. The topological polar surface area (TPSA) is 85.8 Å². The number of rotatable bonds is 6. The highest BCUT2D eigenvalue weighted by Gasteiger charge is 2.41. The summed E-state index contributed by atoms with van der Waals surface area (Å²) >= 11 is 6.14. The molecule has 1 aromatic heterocycles. The van der Waals surface area contributed by atoms with Crippen LogP contribution in [0, 0.1) is 0 Å². The third-order valence-corrected chi connectivity index (χ3v) is 6.45. The molecule has 1 fully saturated rings. The molecule has 0 unspecified atom stereocenters. The van der Waals surface area contributed by atoms with Gasteiger partial charge in [-0.05, 0) is 31.2 Å². The number of carbonyl (C=O) groups excluding carboxylic acids is 1. The lowest BCUT2D eigenvalue weighted by Crippen LogP contribution is -2.49. The van der Waals surface area contributed by atoms with Crippen LogP contribution < -0.4 is 9.47 Å². The summed E-state index contributed by atoms with van der Waals surface area (Å²) < 4.78 is 73.7. The molecule has 7 nitrogen and oxygen atoms in total. The number of alkyl halides is 3. The van der Waals surface area contributed by atoms with Crippen molar-refractivity contribution in [2.45, 2.75) is 30.0 Å². The number of hydrogen-bond acceptors (Lipinski definition) is 6. The molecule has 174 valence electrons. The molecule has 0 radical (unpaired) electrons. The Balaban J connectivity index is 1.99. The Morgan fingerprint density at radius 1 is 1.28 bits per heavy atom. The Morgan fingerprint density at radius 3 is 2.47 bits per heavy atom. The fourth-order valence-electron chi connectivity index (χ4n) is 3.27. The van der Waals surface area contributed by atoms with Crippen LogP contribution >= 0.6 is 11.6 Å². The molecule has 1 aliphatic heterocycles. The number of hydrogen-bond donors (Lipinski definition) is 0. The molecule has 2 aromatic rings. The van der Waals surface area contributed by atoms with Crippen molar-refractivity contribution >= 4 is 27.3 Å². The van der Waals surface area contributed by atoms with Crippen molar-refractivity contribution in [1.82, 2.24) is 9.88 Å². The molecule has 0 aliphatic carbocycles. The summed E-state index contributed by atoms with van der Waals surface area (Å²) in [6, 6.07) is 5.41. The molecule has 1 aromatic carbocycles. The molecular weight excluding hydrogens is 473 g/mol. The molecule has 2 heterocycles. The number of pyridine rings is 1. The second-order valence-electron chi connectivity index (χ2n) is 7.32. The first-order valence-corrected chi connectivity index (χ1v) is 11.7. The minimum Gasteiger partial charge on any atom is -0.494 e. The van der Waals surface area contributed by atoms with Crippen LogP contribution in [0.15, 0.2) is 35.4 Å². The minimum absolute atomic E-state index is 0.171. The van der Waals surface area contributed by atoms with Gasteiger partial charge in [-0.2, -0.15) is 13.2 Å². The molecule has 0 saturated carbocycles. The fourth-order valence-corrected chi connectivity index (χ4v) is 4.39. The van der Waals surface area contributed by atoms with Crippen molar-refractivity contribution in [2.24, 2.45) is 0 Å². The van der Waals surface area contributed by atoms with Gasteiger partial charge in [0.25, 0.3) is 5.91 Å². The molecule has 0 N–H and O–H groups in total. The molecule has 1 aliphatic rings. The van der Waals surface area contributed by atoms with Gasteiger partial charge in [0.05, 0.1) is 17.8 Å². The SMILES string of the molecule is COc1c(S(C)(=O)=O)ccc(O[C@@H](C)C(F)(F)F)c1C(=O)N1CC(c2ncccc2Cl)C1. The molecule has 1 atom stereocenters. The van der Waals surface area contributed by atoms with E-state index < -0.39 is 39.3 Å². The maximum Gasteiger partial charge on any atom is 0.425 e. The molecular formula is C20H20ClF3N2O5S. The lowest BCUT2D eigenvalue weighted by molar-refractivity contribution is -0.189. The van der Waals surface area contributed by atoms with E-state index in [4.69, 9.17) is 21.1 Å². The van der Waals surface area contributed by atoms with Gasteiger partial charge in [-0.25, -0.2) is 8.42 Å². The standard InChI is InChI=1S/C20H20ClF3N2O5S/c1-11(20(22,23)24)31-14-6-7-15(32(3,28)29)18(30-2)16(14)19(27)26-9-12(10-26)17-13(21)5-4-8-25-17/h4-8,11-12H,9-10H2,1-3H3/t11-/m0/s1. The number of halogens is 4. The third-order valence-electron chi connectivity index (χ3n) is 5.01. The number of methoxy groups -OCH3 is 1. The summed E-state index contributed by atoms with van der Waals surface area (Å²) in [6.07, 6.45) is -4.46. The molecule has 3 rings (SSSR count). The average molecular weight is 493 g/mol. The zero-order valence-corrected chi connectivity index (χ0v) is 18.9. The molecule has 1 amide bonds. The number of aromatic nitrogens is 1. The number of ether oxygens (including phenoxy) is 2. The molecule has 0 spiro atoms. The van der Waals surface area contributed by atoms with Crippen LogP contribution in [-0.4, -0.2) is 62.9 Å².